The average molecular weight is 764 g/mol. The zero-order valence-electron chi connectivity index (χ0n) is 31.9. The second kappa shape index (κ2) is 18.5. The second-order valence-electron chi connectivity index (χ2n) is 16.4. The van der Waals surface area contributed by atoms with E-state index < -0.39 is 52.9 Å². The Morgan fingerprint density at radius 1 is 0.963 bits per heavy atom. The van der Waals surface area contributed by atoms with Gasteiger partial charge in [0.05, 0.1) is 29.8 Å². The van der Waals surface area contributed by atoms with Crippen molar-refractivity contribution in [1.82, 2.24) is 25.2 Å². The van der Waals surface area contributed by atoms with Crippen molar-refractivity contribution in [3.05, 3.63) is 47.6 Å². The minimum Gasteiger partial charge on any atom is -0.472 e. The van der Waals surface area contributed by atoms with Crippen molar-refractivity contribution < 1.29 is 33.5 Å². The van der Waals surface area contributed by atoms with E-state index in [2.05, 4.69) is 20.3 Å². The van der Waals surface area contributed by atoms with Crippen molar-refractivity contribution >= 4 is 46.5 Å². The van der Waals surface area contributed by atoms with Crippen LogP contribution in [-0.2, 0) is 24.0 Å². The van der Waals surface area contributed by atoms with Crippen LogP contribution in [0.3, 0.4) is 0 Å². The summed E-state index contributed by atoms with van der Waals surface area (Å²) in [5, 5.41) is 3.37. The summed E-state index contributed by atoms with van der Waals surface area (Å²) in [6.07, 6.45) is 12.5. The Kier molecular flexibility index (Phi) is 14.1. The topological polar surface area (TPSA) is 166 Å². The molecule has 2 amide bonds. The van der Waals surface area contributed by atoms with Gasteiger partial charge in [-0.3, -0.25) is 33.8 Å². The van der Waals surface area contributed by atoms with E-state index in [1.807, 2.05) is 27.7 Å². The molecule has 2 aliphatic carbocycles. The van der Waals surface area contributed by atoms with Gasteiger partial charge >= 0.3 is 0 Å². The van der Waals surface area contributed by atoms with Crippen molar-refractivity contribution in [2.75, 3.05) is 6.54 Å². The first kappa shape index (κ1) is 41.1. The number of likely N-dealkylation sites (tertiary alicyclic amines) is 1. The minimum atomic E-state index is -0.939. The van der Waals surface area contributed by atoms with Crippen LogP contribution < -0.4 is 10.1 Å². The van der Waals surface area contributed by atoms with Crippen LogP contribution in [0.2, 0.25) is 5.02 Å². The van der Waals surface area contributed by atoms with Crippen LogP contribution in [0.15, 0.2) is 36.9 Å². The molecule has 1 aliphatic heterocycles. The molecule has 3 fully saturated rings. The number of hydrogen-bond donors (Lipinski definition) is 1. The lowest BCUT2D eigenvalue weighted by molar-refractivity contribution is -0.147. The summed E-state index contributed by atoms with van der Waals surface area (Å²) in [5.41, 5.74) is -0.609. The molecule has 2 aromatic rings. The first-order valence-corrected chi connectivity index (χ1v) is 19.9. The summed E-state index contributed by atoms with van der Waals surface area (Å²) < 4.78 is 6.17. The number of carbonyl (C=O) groups is 6. The molecule has 0 radical (unpaired) electrons. The molecule has 3 aliphatic rings. The molecule has 292 valence electrons. The van der Waals surface area contributed by atoms with E-state index in [-0.39, 0.29) is 73.1 Å². The van der Waals surface area contributed by atoms with Gasteiger partial charge in [-0.15, -0.1) is 0 Å². The van der Waals surface area contributed by atoms with Crippen molar-refractivity contribution in [2.24, 2.45) is 29.1 Å². The van der Waals surface area contributed by atoms with Gasteiger partial charge in [0.25, 0.3) is 5.91 Å². The van der Waals surface area contributed by atoms with Gasteiger partial charge in [-0.25, -0.2) is 9.97 Å². The number of halogens is 1. The summed E-state index contributed by atoms with van der Waals surface area (Å²) in [6.45, 7) is 7.62. The van der Waals surface area contributed by atoms with E-state index in [4.69, 9.17) is 16.3 Å². The van der Waals surface area contributed by atoms with Crippen molar-refractivity contribution in [3.8, 4) is 5.88 Å². The van der Waals surface area contributed by atoms with Gasteiger partial charge in [0.15, 0.2) is 17.3 Å². The lowest BCUT2D eigenvalue weighted by Crippen LogP contribution is -2.51. The molecule has 3 heterocycles. The largest absolute Gasteiger partial charge is 0.472 e. The summed E-state index contributed by atoms with van der Waals surface area (Å²) in [7, 11) is 0. The third-order valence-corrected chi connectivity index (χ3v) is 11.3. The highest BCUT2D eigenvalue weighted by Crippen LogP contribution is 2.37. The third kappa shape index (κ3) is 11.0. The first-order chi connectivity index (χ1) is 25.7. The predicted octanol–water partition coefficient (Wildman–Crippen LogP) is 6.19. The number of pyridine rings is 1. The van der Waals surface area contributed by atoms with Gasteiger partial charge in [-0.1, -0.05) is 65.0 Å². The molecule has 0 aromatic carbocycles. The van der Waals surface area contributed by atoms with E-state index >= 15 is 0 Å². The normalized spacial score (nSPS) is 20.8. The third-order valence-electron chi connectivity index (χ3n) is 11.1. The van der Waals surface area contributed by atoms with E-state index in [1.165, 1.54) is 29.7 Å². The standard InChI is InChI=1S/C41H54ClN5O7/c1-5-9-27(38(51)35(50)18-25-12-13-25)19-33(48)32-20-29(54-36-15-14-28(42)22-45-36)24-47(32)40(53)30(41(2,3)4)21-34(49)37(26-10-7-6-8-11-26)46-39(52)31-23-43-16-17-44-31/h14-17,22-23,25-27,29-30,32,37H,5-13,18-21,24H2,1-4H3,(H,46,52)/t27?,29-,30-,32+,37+/m1/s1. The number of aromatic nitrogens is 3. The maximum Gasteiger partial charge on any atom is 0.272 e. The number of amides is 2. The lowest BCUT2D eigenvalue weighted by atomic mass is 9.74. The smallest absolute Gasteiger partial charge is 0.272 e. The van der Waals surface area contributed by atoms with E-state index in [1.54, 1.807) is 12.1 Å². The number of carbonyl (C=O) groups excluding carboxylic acids is 6. The zero-order chi connectivity index (χ0) is 39.0. The molecule has 1 saturated heterocycles. The molecule has 12 nitrogen and oxygen atoms in total. The van der Waals surface area contributed by atoms with E-state index in [9.17, 15) is 28.8 Å². The molecule has 0 spiro atoms. The second-order valence-corrected chi connectivity index (χ2v) is 16.9. The number of Topliss-reactive ketones (excluding diaryl/α,β-unsaturated/α-hetero) is 4. The van der Waals surface area contributed by atoms with Crippen LogP contribution in [-0.4, -0.2) is 79.5 Å². The Hall–Kier alpha value is -4.06. The number of rotatable bonds is 18. The highest BCUT2D eigenvalue weighted by atomic mass is 35.5. The van der Waals surface area contributed by atoms with Crippen molar-refractivity contribution in [2.45, 2.75) is 129 Å². The maximum atomic E-state index is 14.8. The quantitative estimate of drug-likeness (QED) is 0.173. The Morgan fingerprint density at radius 3 is 2.31 bits per heavy atom. The molecular weight excluding hydrogens is 710 g/mol. The van der Waals surface area contributed by atoms with E-state index in [0.29, 0.717) is 17.9 Å². The highest BCUT2D eigenvalue weighted by Gasteiger charge is 2.47. The van der Waals surface area contributed by atoms with Crippen molar-refractivity contribution in [3.63, 3.8) is 0 Å². The van der Waals surface area contributed by atoms with Crippen LogP contribution in [0.4, 0.5) is 0 Å². The Balaban J connectivity index is 1.39. The summed E-state index contributed by atoms with van der Waals surface area (Å²) >= 11 is 6.04. The van der Waals surface area contributed by atoms with Crippen LogP contribution in [0.5, 0.6) is 5.88 Å². The summed E-state index contributed by atoms with van der Waals surface area (Å²) in [5.74, 6) is -3.57. The van der Waals surface area contributed by atoms with Crippen molar-refractivity contribution in [1.29, 1.82) is 0 Å². The fourth-order valence-electron chi connectivity index (χ4n) is 7.85. The van der Waals surface area contributed by atoms with Gasteiger partial charge in [0.1, 0.15) is 11.8 Å². The van der Waals surface area contributed by atoms with Gasteiger partial charge in [-0.2, -0.15) is 0 Å². The van der Waals surface area contributed by atoms with Crippen LogP contribution in [0.1, 0.15) is 122 Å². The lowest BCUT2D eigenvalue weighted by Gasteiger charge is -2.36. The molecule has 1 N–H and O–H groups in total. The summed E-state index contributed by atoms with van der Waals surface area (Å²) in [6, 6.07) is 1.49. The van der Waals surface area contributed by atoms with Gasteiger partial charge in [0, 0.05) is 62.2 Å². The molecule has 1 unspecified atom stereocenters. The number of ether oxygens (including phenoxy) is 1. The van der Waals surface area contributed by atoms with Gasteiger partial charge in [-0.05, 0) is 55.4 Å². The molecule has 0 bridgehead atoms. The number of ketones is 4. The monoisotopic (exact) mass is 763 g/mol. The molecular formula is C41H54ClN5O7. The number of nitrogens with one attached hydrogen (secondary N) is 1. The Morgan fingerprint density at radius 2 is 1.70 bits per heavy atom. The Bertz CT molecular complexity index is 1650. The molecule has 54 heavy (non-hydrogen) atoms. The average Bonchev–Trinajstić information content (AvgIpc) is 3.88. The summed E-state index contributed by atoms with van der Waals surface area (Å²) in [4.78, 5) is 96.7. The number of nitrogens with zero attached hydrogens (tertiary/aromatic N) is 4. The van der Waals surface area contributed by atoms with E-state index in [0.717, 1.165) is 44.9 Å². The van der Waals surface area contributed by atoms with Gasteiger partial charge in [0.2, 0.25) is 17.6 Å². The molecule has 2 saturated carbocycles. The fourth-order valence-corrected chi connectivity index (χ4v) is 7.96. The number of hydrogen-bond acceptors (Lipinski definition) is 10. The molecule has 13 heteroatoms. The van der Waals surface area contributed by atoms with Gasteiger partial charge < -0.3 is 15.0 Å². The Labute approximate surface area is 323 Å². The fraction of sp³-hybridized carbons (Fsp3) is 0.634. The van der Waals surface area contributed by atoms with Crippen LogP contribution >= 0.6 is 11.6 Å². The molecule has 2 aromatic heterocycles. The highest BCUT2D eigenvalue weighted by molar-refractivity contribution is 6.38. The van der Waals surface area contributed by atoms with Crippen LogP contribution in [0, 0.1) is 29.1 Å². The molecule has 5 atom stereocenters. The maximum absolute atomic E-state index is 14.8. The van der Waals surface area contributed by atoms with Crippen LogP contribution in [0.25, 0.3) is 0 Å². The molecule has 5 rings (SSSR count). The first-order valence-electron chi connectivity index (χ1n) is 19.5. The zero-order valence-corrected chi connectivity index (χ0v) is 32.7. The minimum absolute atomic E-state index is 0.0583. The SMILES string of the molecule is CCCC(CC(=O)[C@@H]1C[C@@H](Oc2ccc(Cl)cn2)CN1C(=O)[C@@H](CC(=O)[C@@H](NC(=O)c1cnccn1)C1CCCCC1)C(C)(C)C)C(=O)C(=O)CC1CC1. The predicted molar refractivity (Wildman–Crippen MR) is 202 cm³/mol.